The number of tetrazole rings is 1. The van der Waals surface area contributed by atoms with E-state index in [-0.39, 0.29) is 17.7 Å². The molecule has 148 valence electrons. The Hall–Kier alpha value is -3.26. The molecule has 0 saturated carbocycles. The van der Waals surface area contributed by atoms with Crippen molar-refractivity contribution in [2.75, 3.05) is 18.4 Å². The number of anilines is 1. The van der Waals surface area contributed by atoms with Crippen molar-refractivity contribution in [2.24, 2.45) is 5.92 Å². The number of rotatable bonds is 4. The first-order valence-electron chi connectivity index (χ1n) is 9.30. The number of amides is 2. The summed E-state index contributed by atoms with van der Waals surface area (Å²) in [4.78, 5) is 27.4. The number of nitrogens with zero attached hydrogens (tertiary/aromatic N) is 5. The lowest BCUT2D eigenvalue weighted by atomic mass is 9.95. The highest BCUT2D eigenvalue weighted by Gasteiger charge is 2.29. The van der Waals surface area contributed by atoms with Crippen molar-refractivity contribution in [3.63, 3.8) is 0 Å². The third-order valence-corrected chi connectivity index (χ3v) is 5.21. The molecule has 3 aromatic rings. The Labute approximate surface area is 172 Å². The maximum Gasteiger partial charge on any atom is 0.256 e. The Morgan fingerprint density at radius 2 is 1.83 bits per heavy atom. The van der Waals surface area contributed by atoms with Crippen LogP contribution in [0.15, 0.2) is 54.9 Å². The van der Waals surface area contributed by atoms with Crippen LogP contribution in [0.25, 0.3) is 5.69 Å². The minimum atomic E-state index is -0.153. The Balaban J connectivity index is 1.43. The summed E-state index contributed by atoms with van der Waals surface area (Å²) in [6, 6.07) is 14.4. The number of carbonyl (C=O) groups is 2. The summed E-state index contributed by atoms with van der Waals surface area (Å²) in [6.07, 6.45) is 2.64. The van der Waals surface area contributed by atoms with E-state index in [1.54, 1.807) is 23.1 Å². The van der Waals surface area contributed by atoms with Gasteiger partial charge in [-0.1, -0.05) is 29.8 Å². The topological polar surface area (TPSA) is 93.0 Å². The van der Waals surface area contributed by atoms with Crippen molar-refractivity contribution in [1.82, 2.24) is 25.1 Å². The van der Waals surface area contributed by atoms with Gasteiger partial charge in [0.2, 0.25) is 5.91 Å². The van der Waals surface area contributed by atoms with Crippen molar-refractivity contribution in [1.29, 1.82) is 0 Å². The number of para-hydroxylation sites is 1. The van der Waals surface area contributed by atoms with Crippen LogP contribution in [0, 0.1) is 5.92 Å². The van der Waals surface area contributed by atoms with Gasteiger partial charge in [-0.25, -0.2) is 0 Å². The molecule has 8 nitrogen and oxygen atoms in total. The molecule has 1 N–H and O–H groups in total. The third kappa shape index (κ3) is 4.27. The van der Waals surface area contributed by atoms with Crippen LogP contribution in [-0.4, -0.2) is 50.0 Å². The average Bonchev–Trinajstić information content (AvgIpc) is 3.29. The first-order chi connectivity index (χ1) is 14.1. The zero-order valence-corrected chi connectivity index (χ0v) is 16.3. The van der Waals surface area contributed by atoms with Crippen LogP contribution >= 0.6 is 11.6 Å². The van der Waals surface area contributed by atoms with E-state index >= 15 is 0 Å². The molecule has 1 aromatic heterocycles. The van der Waals surface area contributed by atoms with Gasteiger partial charge in [0.25, 0.3) is 5.91 Å². The number of carbonyl (C=O) groups excluding carboxylic acids is 2. The predicted octanol–water partition coefficient (Wildman–Crippen LogP) is 2.81. The average molecular weight is 411 g/mol. The number of benzene rings is 2. The van der Waals surface area contributed by atoms with Gasteiger partial charge in [0.15, 0.2) is 0 Å². The van der Waals surface area contributed by atoms with E-state index in [9.17, 15) is 9.59 Å². The highest BCUT2D eigenvalue weighted by Crippen LogP contribution is 2.25. The normalized spacial score (nSPS) is 14.6. The number of hydrogen-bond acceptors (Lipinski definition) is 5. The van der Waals surface area contributed by atoms with E-state index < -0.39 is 0 Å². The van der Waals surface area contributed by atoms with Gasteiger partial charge in [0.1, 0.15) is 6.33 Å². The van der Waals surface area contributed by atoms with Gasteiger partial charge >= 0.3 is 0 Å². The molecule has 0 atom stereocenters. The number of piperidine rings is 1. The van der Waals surface area contributed by atoms with Gasteiger partial charge in [0.05, 0.1) is 11.3 Å². The molecule has 0 aliphatic carbocycles. The first kappa shape index (κ1) is 19.1. The summed E-state index contributed by atoms with van der Waals surface area (Å²) in [5.74, 6) is -0.294. The fraction of sp³-hybridized carbons (Fsp3) is 0.250. The minimum Gasteiger partial charge on any atom is -0.339 e. The molecule has 2 amide bonds. The van der Waals surface area contributed by atoms with Crippen molar-refractivity contribution >= 4 is 29.1 Å². The fourth-order valence-electron chi connectivity index (χ4n) is 3.43. The monoisotopic (exact) mass is 410 g/mol. The second-order valence-corrected chi connectivity index (χ2v) is 7.27. The van der Waals surface area contributed by atoms with Crippen molar-refractivity contribution < 1.29 is 9.59 Å². The molecule has 1 aliphatic heterocycles. The van der Waals surface area contributed by atoms with Crippen LogP contribution in [0.1, 0.15) is 23.2 Å². The highest BCUT2D eigenvalue weighted by atomic mass is 35.5. The molecule has 1 saturated heterocycles. The first-order valence-corrected chi connectivity index (χ1v) is 9.68. The predicted molar refractivity (Wildman–Crippen MR) is 108 cm³/mol. The van der Waals surface area contributed by atoms with Crippen LogP contribution in [0.4, 0.5) is 5.69 Å². The quantitative estimate of drug-likeness (QED) is 0.713. The van der Waals surface area contributed by atoms with E-state index in [0.717, 1.165) is 5.69 Å². The smallest absolute Gasteiger partial charge is 0.256 e. The highest BCUT2D eigenvalue weighted by molar-refractivity contribution is 6.31. The van der Waals surface area contributed by atoms with Gasteiger partial charge in [-0.05, 0) is 53.6 Å². The van der Waals surface area contributed by atoms with Crippen LogP contribution in [0.3, 0.4) is 0 Å². The molecule has 0 radical (unpaired) electrons. The molecule has 0 unspecified atom stereocenters. The van der Waals surface area contributed by atoms with Gasteiger partial charge in [-0.15, -0.1) is 5.10 Å². The van der Waals surface area contributed by atoms with Crippen LogP contribution in [0.2, 0.25) is 5.02 Å². The number of nitrogens with one attached hydrogen (secondary N) is 1. The SMILES string of the molecule is O=C(Nc1ccccc1)C1CCN(C(=O)c2cc(Cl)ccc2-n2cnnn2)CC1. The maximum atomic E-state index is 13.1. The van der Waals surface area contributed by atoms with E-state index in [1.165, 1.54) is 11.0 Å². The Morgan fingerprint density at radius 1 is 1.07 bits per heavy atom. The zero-order chi connectivity index (χ0) is 20.2. The third-order valence-electron chi connectivity index (χ3n) is 4.98. The molecule has 0 spiro atoms. The summed E-state index contributed by atoms with van der Waals surface area (Å²) < 4.78 is 1.43. The molecule has 0 bridgehead atoms. The molecule has 4 rings (SSSR count). The summed E-state index contributed by atoms with van der Waals surface area (Å²) in [5, 5.41) is 14.5. The van der Waals surface area contributed by atoms with E-state index in [0.29, 0.717) is 42.2 Å². The lowest BCUT2D eigenvalue weighted by Crippen LogP contribution is -2.41. The Bertz CT molecular complexity index is 1000. The molecular formula is C20H19ClN6O2. The number of likely N-dealkylation sites (tertiary alicyclic amines) is 1. The molecule has 29 heavy (non-hydrogen) atoms. The molecule has 2 aromatic carbocycles. The summed E-state index contributed by atoms with van der Waals surface area (Å²) in [7, 11) is 0. The largest absolute Gasteiger partial charge is 0.339 e. The minimum absolute atomic E-state index is 0.0135. The second kappa shape index (κ2) is 8.40. The van der Waals surface area contributed by atoms with Crippen LogP contribution in [0.5, 0.6) is 0 Å². The summed E-state index contributed by atoms with van der Waals surface area (Å²) in [5.41, 5.74) is 1.77. The molecule has 2 heterocycles. The lowest BCUT2D eigenvalue weighted by molar-refractivity contribution is -0.121. The molecule has 1 aliphatic rings. The summed E-state index contributed by atoms with van der Waals surface area (Å²) >= 11 is 6.12. The fourth-order valence-corrected chi connectivity index (χ4v) is 3.60. The second-order valence-electron chi connectivity index (χ2n) is 6.84. The molecule has 1 fully saturated rings. The van der Waals surface area contributed by atoms with Gasteiger partial charge in [-0.3, -0.25) is 9.59 Å². The van der Waals surface area contributed by atoms with E-state index in [1.807, 2.05) is 30.3 Å². The number of halogens is 1. The Kier molecular flexibility index (Phi) is 5.53. The van der Waals surface area contributed by atoms with Gasteiger partial charge < -0.3 is 10.2 Å². The van der Waals surface area contributed by atoms with Gasteiger partial charge in [-0.2, -0.15) is 4.68 Å². The van der Waals surface area contributed by atoms with Crippen LogP contribution in [-0.2, 0) is 4.79 Å². The standard InChI is InChI=1S/C20H19ClN6O2/c21-15-6-7-18(27-13-22-24-25-27)17(12-15)20(29)26-10-8-14(9-11-26)19(28)23-16-4-2-1-3-5-16/h1-7,12-14H,8-11H2,(H,23,28). The van der Waals surface area contributed by atoms with E-state index in [4.69, 9.17) is 11.6 Å². The zero-order valence-electron chi connectivity index (χ0n) is 15.5. The van der Waals surface area contributed by atoms with Crippen molar-refractivity contribution in [3.8, 4) is 5.69 Å². The number of hydrogen-bond donors (Lipinski definition) is 1. The van der Waals surface area contributed by atoms with Crippen molar-refractivity contribution in [3.05, 3.63) is 65.4 Å². The van der Waals surface area contributed by atoms with Crippen LogP contribution < -0.4 is 5.32 Å². The maximum absolute atomic E-state index is 13.1. The van der Waals surface area contributed by atoms with E-state index in [2.05, 4.69) is 20.8 Å². The lowest BCUT2D eigenvalue weighted by Gasteiger charge is -2.31. The molecular weight excluding hydrogens is 392 g/mol. The Morgan fingerprint density at radius 3 is 2.52 bits per heavy atom. The molecule has 9 heteroatoms. The van der Waals surface area contributed by atoms with Gasteiger partial charge in [0, 0.05) is 29.7 Å². The summed E-state index contributed by atoms with van der Waals surface area (Å²) in [6.45, 7) is 0.987. The number of aromatic nitrogens is 4. The van der Waals surface area contributed by atoms with Crippen molar-refractivity contribution in [2.45, 2.75) is 12.8 Å².